The molecule has 3 N–H and O–H groups in total. The number of anilines is 1. The molecule has 0 aromatic heterocycles. The second-order valence-electron chi connectivity index (χ2n) is 4.92. The third kappa shape index (κ3) is 2.93. The summed E-state index contributed by atoms with van der Waals surface area (Å²) in [7, 11) is 0. The third-order valence-electron chi connectivity index (χ3n) is 3.43. The molecule has 0 saturated carbocycles. The summed E-state index contributed by atoms with van der Waals surface area (Å²) >= 11 is 0. The van der Waals surface area contributed by atoms with Crippen LogP contribution in [0.2, 0.25) is 0 Å². The fourth-order valence-electron chi connectivity index (χ4n) is 2.31. The molecule has 0 radical (unpaired) electrons. The predicted octanol–water partition coefficient (Wildman–Crippen LogP) is 3.55. The van der Waals surface area contributed by atoms with Gasteiger partial charge >= 0.3 is 0 Å². The van der Waals surface area contributed by atoms with Crippen molar-refractivity contribution in [3.05, 3.63) is 77.9 Å². The van der Waals surface area contributed by atoms with Crippen LogP contribution in [-0.4, -0.2) is 5.91 Å². The molecule has 0 aliphatic carbocycles. The highest BCUT2D eigenvalue weighted by molar-refractivity contribution is 6.05. The fraction of sp³-hybridized carbons (Fsp3) is 0.0556. The predicted molar refractivity (Wildman–Crippen MR) is 86.2 cm³/mol. The first-order valence-corrected chi connectivity index (χ1v) is 6.85. The van der Waals surface area contributed by atoms with Crippen molar-refractivity contribution in [1.29, 1.82) is 0 Å². The van der Waals surface area contributed by atoms with Crippen molar-refractivity contribution in [1.82, 2.24) is 0 Å². The maximum Gasteiger partial charge on any atom is 0.255 e. The second-order valence-corrected chi connectivity index (χ2v) is 4.92. The Kier molecular flexibility index (Phi) is 3.67. The Morgan fingerprint density at radius 2 is 1.71 bits per heavy atom. The summed E-state index contributed by atoms with van der Waals surface area (Å²) in [5, 5.41) is 5.18. The van der Waals surface area contributed by atoms with Crippen molar-refractivity contribution in [2.24, 2.45) is 5.73 Å². The summed E-state index contributed by atoms with van der Waals surface area (Å²) < 4.78 is 0. The van der Waals surface area contributed by atoms with Crippen molar-refractivity contribution in [3.8, 4) is 0 Å². The van der Waals surface area contributed by atoms with Crippen molar-refractivity contribution in [3.63, 3.8) is 0 Å². The number of fused-ring (bicyclic) bond motifs is 1. The van der Waals surface area contributed by atoms with Gasteiger partial charge in [0.1, 0.15) is 0 Å². The number of rotatable bonds is 3. The number of benzene rings is 3. The van der Waals surface area contributed by atoms with Crippen molar-refractivity contribution in [2.45, 2.75) is 6.54 Å². The first-order valence-electron chi connectivity index (χ1n) is 6.85. The summed E-state index contributed by atoms with van der Waals surface area (Å²) in [6, 6.07) is 21.3. The lowest BCUT2D eigenvalue weighted by Crippen LogP contribution is -2.12. The molecule has 0 fully saturated rings. The summed E-state index contributed by atoms with van der Waals surface area (Å²) in [6.07, 6.45) is 0. The van der Waals surface area contributed by atoms with Gasteiger partial charge in [-0.1, -0.05) is 42.5 Å². The van der Waals surface area contributed by atoms with E-state index in [1.807, 2.05) is 60.7 Å². The van der Waals surface area contributed by atoms with E-state index in [1.54, 1.807) is 6.07 Å². The van der Waals surface area contributed by atoms with Crippen LogP contribution in [0.5, 0.6) is 0 Å². The molecule has 3 aromatic rings. The molecule has 0 aliphatic rings. The molecule has 0 unspecified atom stereocenters. The van der Waals surface area contributed by atoms with Crippen molar-refractivity contribution in [2.75, 3.05) is 5.32 Å². The molecule has 21 heavy (non-hydrogen) atoms. The zero-order valence-corrected chi connectivity index (χ0v) is 11.5. The van der Waals surface area contributed by atoms with E-state index < -0.39 is 0 Å². The SMILES string of the molecule is NCc1cccc(C(=O)Nc2ccc3ccccc3c2)c1. The van der Waals surface area contributed by atoms with Crippen LogP contribution in [0.3, 0.4) is 0 Å². The Hall–Kier alpha value is -2.65. The lowest BCUT2D eigenvalue weighted by Gasteiger charge is -2.07. The van der Waals surface area contributed by atoms with Crippen LogP contribution < -0.4 is 11.1 Å². The number of hydrogen-bond donors (Lipinski definition) is 2. The van der Waals surface area contributed by atoms with Crippen LogP contribution in [-0.2, 0) is 6.54 Å². The Morgan fingerprint density at radius 1 is 0.905 bits per heavy atom. The molecule has 0 heterocycles. The molecule has 0 saturated heterocycles. The molecule has 0 aliphatic heterocycles. The van der Waals surface area contributed by atoms with Crippen LogP contribution in [0.25, 0.3) is 10.8 Å². The molecule has 0 atom stereocenters. The summed E-state index contributed by atoms with van der Waals surface area (Å²) in [5.41, 5.74) is 7.95. The first-order chi connectivity index (χ1) is 10.3. The number of carbonyl (C=O) groups is 1. The van der Waals surface area contributed by atoms with Crippen molar-refractivity contribution < 1.29 is 4.79 Å². The van der Waals surface area contributed by atoms with Gasteiger partial charge in [0.2, 0.25) is 0 Å². The molecule has 3 nitrogen and oxygen atoms in total. The summed E-state index contributed by atoms with van der Waals surface area (Å²) in [6.45, 7) is 0.428. The molecule has 3 rings (SSSR count). The molecule has 104 valence electrons. The standard InChI is InChI=1S/C18H16N2O/c19-12-13-4-3-7-16(10-13)18(21)20-17-9-8-14-5-1-2-6-15(14)11-17/h1-11H,12,19H2,(H,20,21). The van der Waals surface area contributed by atoms with Crippen LogP contribution in [0.15, 0.2) is 66.7 Å². The van der Waals surface area contributed by atoms with Crippen LogP contribution in [0.4, 0.5) is 5.69 Å². The summed E-state index contributed by atoms with van der Waals surface area (Å²) in [4.78, 5) is 12.3. The molecule has 0 bridgehead atoms. The second kappa shape index (κ2) is 5.77. The van der Waals surface area contributed by atoms with Gasteiger partial charge < -0.3 is 11.1 Å². The highest BCUT2D eigenvalue weighted by atomic mass is 16.1. The van der Waals surface area contributed by atoms with Crippen molar-refractivity contribution >= 4 is 22.4 Å². The van der Waals surface area contributed by atoms with E-state index in [0.29, 0.717) is 12.1 Å². The lowest BCUT2D eigenvalue weighted by molar-refractivity contribution is 0.102. The van der Waals surface area contributed by atoms with Gasteiger partial charge in [0.15, 0.2) is 0 Å². The Balaban J connectivity index is 1.85. The maximum atomic E-state index is 12.3. The van der Waals surface area contributed by atoms with E-state index in [9.17, 15) is 4.79 Å². The Labute approximate surface area is 123 Å². The molecular weight excluding hydrogens is 260 g/mol. The van der Waals surface area contributed by atoms with E-state index in [1.165, 1.54) is 0 Å². The van der Waals surface area contributed by atoms with Gasteiger partial charge in [-0.3, -0.25) is 4.79 Å². The molecule has 3 heteroatoms. The van der Waals surface area contributed by atoms with Gasteiger partial charge in [0.25, 0.3) is 5.91 Å². The number of carbonyl (C=O) groups excluding carboxylic acids is 1. The third-order valence-corrected chi connectivity index (χ3v) is 3.43. The average molecular weight is 276 g/mol. The smallest absolute Gasteiger partial charge is 0.255 e. The van der Waals surface area contributed by atoms with E-state index >= 15 is 0 Å². The van der Waals surface area contributed by atoms with E-state index in [0.717, 1.165) is 22.0 Å². The fourth-order valence-corrected chi connectivity index (χ4v) is 2.31. The minimum absolute atomic E-state index is 0.124. The van der Waals surface area contributed by atoms with Gasteiger partial charge in [-0.25, -0.2) is 0 Å². The van der Waals surface area contributed by atoms with E-state index in [-0.39, 0.29) is 5.91 Å². The minimum Gasteiger partial charge on any atom is -0.326 e. The number of nitrogens with two attached hydrogens (primary N) is 1. The Morgan fingerprint density at radius 3 is 2.52 bits per heavy atom. The number of hydrogen-bond acceptors (Lipinski definition) is 2. The van der Waals surface area contributed by atoms with Crippen LogP contribution in [0.1, 0.15) is 15.9 Å². The van der Waals surface area contributed by atoms with Gasteiger partial charge in [-0.2, -0.15) is 0 Å². The van der Waals surface area contributed by atoms with Crippen LogP contribution >= 0.6 is 0 Å². The highest BCUT2D eigenvalue weighted by Crippen LogP contribution is 2.19. The lowest BCUT2D eigenvalue weighted by atomic mass is 10.1. The zero-order valence-electron chi connectivity index (χ0n) is 11.5. The maximum absolute atomic E-state index is 12.3. The monoisotopic (exact) mass is 276 g/mol. The van der Waals surface area contributed by atoms with Gasteiger partial charge in [-0.05, 0) is 40.6 Å². The quantitative estimate of drug-likeness (QED) is 0.768. The largest absolute Gasteiger partial charge is 0.326 e. The normalized spacial score (nSPS) is 10.5. The Bertz CT molecular complexity index is 796. The minimum atomic E-state index is -0.124. The average Bonchev–Trinajstić information content (AvgIpc) is 2.54. The number of amides is 1. The molecule has 1 amide bonds. The van der Waals surface area contributed by atoms with Gasteiger partial charge in [-0.15, -0.1) is 0 Å². The van der Waals surface area contributed by atoms with E-state index in [2.05, 4.69) is 5.32 Å². The summed E-state index contributed by atoms with van der Waals surface area (Å²) in [5.74, 6) is -0.124. The first kappa shape index (κ1) is 13.3. The van der Waals surface area contributed by atoms with Gasteiger partial charge in [0.05, 0.1) is 0 Å². The molecule has 3 aromatic carbocycles. The highest BCUT2D eigenvalue weighted by Gasteiger charge is 2.06. The van der Waals surface area contributed by atoms with E-state index in [4.69, 9.17) is 5.73 Å². The van der Waals surface area contributed by atoms with Crippen LogP contribution in [0, 0.1) is 0 Å². The molecular formula is C18H16N2O. The molecule has 0 spiro atoms. The zero-order chi connectivity index (χ0) is 14.7. The van der Waals surface area contributed by atoms with Gasteiger partial charge in [0, 0.05) is 17.8 Å². The number of nitrogens with one attached hydrogen (secondary N) is 1. The topological polar surface area (TPSA) is 55.1 Å².